The molecule has 1 fully saturated rings. The Kier molecular flexibility index (Phi) is 4.37. The average molecular weight is 246 g/mol. The van der Waals surface area contributed by atoms with E-state index in [-0.39, 0.29) is 11.9 Å². The second kappa shape index (κ2) is 6.01. The van der Waals surface area contributed by atoms with Gasteiger partial charge in [0.1, 0.15) is 0 Å². The van der Waals surface area contributed by atoms with E-state index in [0.29, 0.717) is 6.04 Å². The third-order valence-electron chi connectivity index (χ3n) is 3.42. The number of aryl methyl sites for hydroxylation is 1. The van der Waals surface area contributed by atoms with E-state index in [2.05, 4.69) is 35.8 Å². The summed E-state index contributed by atoms with van der Waals surface area (Å²) in [7, 11) is 0. The lowest BCUT2D eigenvalue weighted by Gasteiger charge is -2.15. The van der Waals surface area contributed by atoms with Gasteiger partial charge in [-0.15, -0.1) is 0 Å². The van der Waals surface area contributed by atoms with Gasteiger partial charge in [0.25, 0.3) is 0 Å². The summed E-state index contributed by atoms with van der Waals surface area (Å²) < 4.78 is 0. The molecule has 0 saturated heterocycles. The van der Waals surface area contributed by atoms with E-state index in [1.165, 1.54) is 11.1 Å². The average Bonchev–Trinajstić information content (AvgIpc) is 3.20. The van der Waals surface area contributed by atoms with Crippen LogP contribution in [0.25, 0.3) is 0 Å². The normalized spacial score (nSPS) is 16.3. The van der Waals surface area contributed by atoms with E-state index in [1.807, 2.05) is 13.0 Å². The van der Waals surface area contributed by atoms with Crippen LogP contribution in [0.1, 0.15) is 37.8 Å². The van der Waals surface area contributed by atoms with E-state index in [4.69, 9.17) is 0 Å². The summed E-state index contributed by atoms with van der Waals surface area (Å²) >= 11 is 0. The monoisotopic (exact) mass is 246 g/mol. The lowest BCUT2D eigenvalue weighted by atomic mass is 10.1. The number of benzene rings is 1. The lowest BCUT2D eigenvalue weighted by molar-refractivity contribution is -0.122. The van der Waals surface area contributed by atoms with Crippen LogP contribution in [0.5, 0.6) is 0 Å². The lowest BCUT2D eigenvalue weighted by Crippen LogP contribution is -2.42. The molecule has 1 atom stereocenters. The van der Waals surface area contributed by atoms with Gasteiger partial charge in [-0.3, -0.25) is 4.79 Å². The van der Waals surface area contributed by atoms with E-state index in [9.17, 15) is 4.79 Å². The zero-order valence-corrected chi connectivity index (χ0v) is 11.2. The summed E-state index contributed by atoms with van der Waals surface area (Å²) in [5, 5.41) is 6.31. The fourth-order valence-electron chi connectivity index (χ4n) is 1.98. The molecule has 3 heteroatoms. The maximum Gasteiger partial charge on any atom is 0.237 e. The van der Waals surface area contributed by atoms with Crippen LogP contribution in [-0.4, -0.2) is 18.0 Å². The maximum atomic E-state index is 11.8. The standard InChI is InChI=1S/C15H22N2O/c1-3-12-6-4-5-7-13(12)10-16-11(2)15(18)17-14-8-9-14/h4-7,11,14,16H,3,8-10H2,1-2H3,(H,17,18). The molecule has 1 aliphatic carbocycles. The molecule has 0 aromatic heterocycles. The summed E-state index contributed by atoms with van der Waals surface area (Å²) in [6.45, 7) is 4.83. The van der Waals surface area contributed by atoms with E-state index in [1.54, 1.807) is 0 Å². The SMILES string of the molecule is CCc1ccccc1CNC(C)C(=O)NC1CC1. The molecule has 0 radical (unpaired) electrons. The zero-order chi connectivity index (χ0) is 13.0. The first kappa shape index (κ1) is 13.1. The smallest absolute Gasteiger partial charge is 0.237 e. The molecule has 1 amide bonds. The van der Waals surface area contributed by atoms with Gasteiger partial charge in [0, 0.05) is 12.6 Å². The molecule has 18 heavy (non-hydrogen) atoms. The Morgan fingerprint density at radius 1 is 1.33 bits per heavy atom. The van der Waals surface area contributed by atoms with Crippen LogP contribution in [0, 0.1) is 0 Å². The summed E-state index contributed by atoms with van der Waals surface area (Å²) in [6, 6.07) is 8.68. The van der Waals surface area contributed by atoms with Crippen molar-refractivity contribution in [2.45, 2.75) is 51.7 Å². The number of hydrogen-bond acceptors (Lipinski definition) is 2. The minimum atomic E-state index is -0.129. The van der Waals surface area contributed by atoms with Gasteiger partial charge in [0.2, 0.25) is 5.91 Å². The Morgan fingerprint density at radius 3 is 2.61 bits per heavy atom. The molecule has 2 rings (SSSR count). The summed E-state index contributed by atoms with van der Waals surface area (Å²) in [5.41, 5.74) is 2.63. The maximum absolute atomic E-state index is 11.8. The van der Waals surface area contributed by atoms with Crippen molar-refractivity contribution >= 4 is 5.91 Å². The number of nitrogens with one attached hydrogen (secondary N) is 2. The highest BCUT2D eigenvalue weighted by atomic mass is 16.2. The fraction of sp³-hybridized carbons (Fsp3) is 0.533. The molecule has 1 aromatic rings. The van der Waals surface area contributed by atoms with Gasteiger partial charge in [-0.25, -0.2) is 0 Å². The van der Waals surface area contributed by atoms with Crippen LogP contribution in [0.4, 0.5) is 0 Å². The van der Waals surface area contributed by atoms with E-state index < -0.39 is 0 Å². The minimum Gasteiger partial charge on any atom is -0.352 e. The van der Waals surface area contributed by atoms with Gasteiger partial charge in [0.05, 0.1) is 6.04 Å². The Bertz CT molecular complexity index is 413. The number of carbonyl (C=O) groups excluding carboxylic acids is 1. The fourth-order valence-corrected chi connectivity index (χ4v) is 1.98. The van der Waals surface area contributed by atoms with Crippen molar-refractivity contribution < 1.29 is 4.79 Å². The predicted octanol–water partition coefficient (Wildman–Crippen LogP) is 2.01. The van der Waals surface area contributed by atoms with Crippen molar-refractivity contribution in [2.75, 3.05) is 0 Å². The van der Waals surface area contributed by atoms with Crippen LogP contribution in [-0.2, 0) is 17.8 Å². The molecular weight excluding hydrogens is 224 g/mol. The first-order valence-corrected chi connectivity index (χ1v) is 6.81. The topological polar surface area (TPSA) is 41.1 Å². The Hall–Kier alpha value is -1.35. The number of carbonyl (C=O) groups is 1. The molecule has 0 spiro atoms. The van der Waals surface area contributed by atoms with Crippen molar-refractivity contribution in [3.8, 4) is 0 Å². The van der Waals surface area contributed by atoms with Gasteiger partial charge < -0.3 is 10.6 Å². The van der Waals surface area contributed by atoms with Gasteiger partial charge in [-0.2, -0.15) is 0 Å². The van der Waals surface area contributed by atoms with Crippen molar-refractivity contribution in [1.82, 2.24) is 10.6 Å². The highest BCUT2D eigenvalue weighted by Gasteiger charge is 2.25. The molecular formula is C15H22N2O. The zero-order valence-electron chi connectivity index (χ0n) is 11.2. The quantitative estimate of drug-likeness (QED) is 0.806. The molecule has 0 aliphatic heterocycles. The highest BCUT2D eigenvalue weighted by molar-refractivity contribution is 5.81. The van der Waals surface area contributed by atoms with Crippen LogP contribution in [0.2, 0.25) is 0 Å². The van der Waals surface area contributed by atoms with Crippen LogP contribution in [0.15, 0.2) is 24.3 Å². The summed E-state index contributed by atoms with van der Waals surface area (Å²) in [4.78, 5) is 11.8. The van der Waals surface area contributed by atoms with Crippen LogP contribution in [0.3, 0.4) is 0 Å². The van der Waals surface area contributed by atoms with Gasteiger partial charge in [-0.05, 0) is 37.3 Å². The highest BCUT2D eigenvalue weighted by Crippen LogP contribution is 2.18. The Labute approximate surface area is 109 Å². The Morgan fingerprint density at radius 2 is 2.00 bits per heavy atom. The molecule has 2 N–H and O–H groups in total. The first-order chi connectivity index (χ1) is 8.70. The third-order valence-corrected chi connectivity index (χ3v) is 3.42. The van der Waals surface area contributed by atoms with Gasteiger partial charge in [-0.1, -0.05) is 31.2 Å². The van der Waals surface area contributed by atoms with E-state index in [0.717, 1.165) is 25.8 Å². The van der Waals surface area contributed by atoms with Crippen molar-refractivity contribution in [3.63, 3.8) is 0 Å². The second-order valence-electron chi connectivity index (χ2n) is 5.01. The second-order valence-corrected chi connectivity index (χ2v) is 5.01. The van der Waals surface area contributed by atoms with Crippen LogP contribution >= 0.6 is 0 Å². The molecule has 1 aromatic carbocycles. The number of rotatable bonds is 6. The molecule has 98 valence electrons. The van der Waals surface area contributed by atoms with Gasteiger partial charge >= 0.3 is 0 Å². The minimum absolute atomic E-state index is 0.117. The molecule has 1 aliphatic rings. The molecule has 0 bridgehead atoms. The van der Waals surface area contributed by atoms with Gasteiger partial charge in [0.15, 0.2) is 0 Å². The van der Waals surface area contributed by atoms with Crippen molar-refractivity contribution in [2.24, 2.45) is 0 Å². The van der Waals surface area contributed by atoms with Crippen LogP contribution < -0.4 is 10.6 Å². The number of amides is 1. The first-order valence-electron chi connectivity index (χ1n) is 6.81. The van der Waals surface area contributed by atoms with Crippen molar-refractivity contribution in [1.29, 1.82) is 0 Å². The largest absolute Gasteiger partial charge is 0.352 e. The molecule has 0 heterocycles. The van der Waals surface area contributed by atoms with E-state index >= 15 is 0 Å². The summed E-state index contributed by atoms with van der Waals surface area (Å²) in [5.74, 6) is 0.117. The molecule has 1 saturated carbocycles. The third kappa shape index (κ3) is 3.57. The summed E-state index contributed by atoms with van der Waals surface area (Å²) in [6.07, 6.45) is 3.30. The Balaban J connectivity index is 1.84. The molecule has 3 nitrogen and oxygen atoms in total. The number of hydrogen-bond donors (Lipinski definition) is 2. The molecule has 1 unspecified atom stereocenters. The predicted molar refractivity (Wildman–Crippen MR) is 73.3 cm³/mol. The van der Waals surface area contributed by atoms with Crippen molar-refractivity contribution in [3.05, 3.63) is 35.4 Å².